The van der Waals surface area contributed by atoms with Gasteiger partial charge in [-0.2, -0.15) is 4.31 Å². The molecule has 0 radical (unpaired) electrons. The molecule has 0 bridgehead atoms. The molecule has 0 spiro atoms. The number of carbonyl (C=O) groups excluding carboxylic acids is 1. The predicted octanol–water partition coefficient (Wildman–Crippen LogP) is 3.76. The van der Waals surface area contributed by atoms with Crippen LogP contribution >= 0.6 is 11.6 Å². The summed E-state index contributed by atoms with van der Waals surface area (Å²) in [5, 5.41) is 3.32. The minimum atomic E-state index is -3.80. The Hall–Kier alpha value is -1.57. The van der Waals surface area contributed by atoms with Gasteiger partial charge in [0.15, 0.2) is 0 Å². The van der Waals surface area contributed by atoms with Crippen LogP contribution in [0, 0.1) is 5.92 Å². The van der Waals surface area contributed by atoms with Gasteiger partial charge in [-0.15, -0.1) is 0 Å². The minimum Gasteiger partial charge on any atom is -0.495 e. The number of ether oxygens (including phenoxy) is 1. The molecule has 1 aliphatic heterocycles. The van der Waals surface area contributed by atoms with Crippen molar-refractivity contribution in [2.24, 2.45) is 5.92 Å². The monoisotopic (exact) mass is 440 g/mol. The SMILES string of the molecule is COc1ccc(Cl)cc1S(=O)(=O)N1CCC[C@H](C(=O)NCCC2=CCCCC2)C1. The highest BCUT2D eigenvalue weighted by Gasteiger charge is 2.34. The molecule has 0 aromatic heterocycles. The topological polar surface area (TPSA) is 75.7 Å². The number of carbonyl (C=O) groups is 1. The lowest BCUT2D eigenvalue weighted by molar-refractivity contribution is -0.126. The molecule has 1 aromatic carbocycles. The van der Waals surface area contributed by atoms with Crippen LogP contribution in [-0.4, -0.2) is 45.4 Å². The molecule has 0 unspecified atom stereocenters. The lowest BCUT2D eigenvalue weighted by Gasteiger charge is -2.31. The molecule has 1 fully saturated rings. The number of halogens is 1. The zero-order chi connectivity index (χ0) is 20.9. The molecule has 1 amide bonds. The molecule has 3 rings (SSSR count). The molecule has 0 saturated carbocycles. The van der Waals surface area contributed by atoms with E-state index in [-0.39, 0.29) is 29.0 Å². The van der Waals surface area contributed by atoms with Crippen molar-refractivity contribution < 1.29 is 17.9 Å². The minimum absolute atomic E-state index is 0.0396. The van der Waals surface area contributed by atoms with Gasteiger partial charge in [0.2, 0.25) is 15.9 Å². The first kappa shape index (κ1) is 22.1. The average Bonchev–Trinajstić information content (AvgIpc) is 2.74. The number of hydrogen-bond acceptors (Lipinski definition) is 4. The van der Waals surface area contributed by atoms with Gasteiger partial charge in [0, 0.05) is 24.7 Å². The molecular formula is C21H29ClN2O4S. The summed E-state index contributed by atoms with van der Waals surface area (Å²) in [4.78, 5) is 12.7. The van der Waals surface area contributed by atoms with Crippen LogP contribution in [0.4, 0.5) is 0 Å². The number of nitrogens with one attached hydrogen (secondary N) is 1. The number of hydrogen-bond donors (Lipinski definition) is 1. The third kappa shape index (κ3) is 5.53. The summed E-state index contributed by atoms with van der Waals surface area (Å²) in [6.07, 6.45) is 9.21. The Morgan fingerprint density at radius 1 is 1.31 bits per heavy atom. The van der Waals surface area contributed by atoms with Crippen molar-refractivity contribution in [3.05, 3.63) is 34.9 Å². The van der Waals surface area contributed by atoms with Gasteiger partial charge in [-0.05, 0) is 63.1 Å². The highest BCUT2D eigenvalue weighted by Crippen LogP contribution is 2.32. The molecule has 6 nitrogen and oxygen atoms in total. The van der Waals surface area contributed by atoms with Gasteiger partial charge < -0.3 is 10.1 Å². The number of sulfonamides is 1. The van der Waals surface area contributed by atoms with Gasteiger partial charge in [0.25, 0.3) is 0 Å². The number of allylic oxidation sites excluding steroid dienone is 1. The Balaban J connectivity index is 1.63. The second kappa shape index (κ2) is 9.96. The molecular weight excluding hydrogens is 412 g/mol. The van der Waals surface area contributed by atoms with Crippen molar-refractivity contribution in [2.75, 3.05) is 26.7 Å². The van der Waals surface area contributed by atoms with Crippen LogP contribution in [0.1, 0.15) is 44.9 Å². The summed E-state index contributed by atoms with van der Waals surface area (Å²) in [6.45, 7) is 1.16. The summed E-state index contributed by atoms with van der Waals surface area (Å²) >= 11 is 6.01. The molecule has 1 saturated heterocycles. The molecule has 1 atom stereocenters. The highest BCUT2D eigenvalue weighted by atomic mass is 35.5. The number of amides is 1. The number of benzene rings is 1. The van der Waals surface area contributed by atoms with Crippen molar-refractivity contribution in [2.45, 2.75) is 49.8 Å². The van der Waals surface area contributed by atoms with Crippen molar-refractivity contribution in [1.82, 2.24) is 9.62 Å². The summed E-state index contributed by atoms with van der Waals surface area (Å²) in [6, 6.07) is 4.54. The average molecular weight is 441 g/mol. The zero-order valence-corrected chi connectivity index (χ0v) is 18.4. The summed E-state index contributed by atoms with van der Waals surface area (Å²) in [7, 11) is -2.37. The molecule has 29 heavy (non-hydrogen) atoms. The number of rotatable bonds is 7. The maximum atomic E-state index is 13.2. The largest absolute Gasteiger partial charge is 0.495 e. The van der Waals surface area contributed by atoms with Crippen LogP contribution in [0.3, 0.4) is 0 Å². The fraction of sp³-hybridized carbons (Fsp3) is 0.571. The second-order valence-electron chi connectivity index (χ2n) is 7.65. The van der Waals surface area contributed by atoms with Gasteiger partial charge in [-0.3, -0.25) is 4.79 Å². The van der Waals surface area contributed by atoms with Crippen LogP contribution in [0.15, 0.2) is 34.7 Å². The Labute approximate surface area is 178 Å². The Kier molecular flexibility index (Phi) is 7.60. The van der Waals surface area contributed by atoms with E-state index < -0.39 is 10.0 Å². The number of methoxy groups -OCH3 is 1. The van der Waals surface area contributed by atoms with Crippen LogP contribution in [0.2, 0.25) is 5.02 Å². The van der Waals surface area contributed by atoms with Crippen molar-refractivity contribution in [1.29, 1.82) is 0 Å². The van der Waals surface area contributed by atoms with E-state index in [1.54, 1.807) is 12.1 Å². The van der Waals surface area contributed by atoms with E-state index in [0.717, 1.165) is 19.3 Å². The summed E-state index contributed by atoms with van der Waals surface area (Å²) in [5.41, 5.74) is 1.41. The van der Waals surface area contributed by atoms with Crippen LogP contribution in [0.5, 0.6) is 5.75 Å². The molecule has 160 valence electrons. The maximum absolute atomic E-state index is 13.2. The highest BCUT2D eigenvalue weighted by molar-refractivity contribution is 7.89. The lowest BCUT2D eigenvalue weighted by Crippen LogP contribution is -2.45. The second-order valence-corrected chi connectivity index (χ2v) is 9.99. The molecule has 1 heterocycles. The van der Waals surface area contributed by atoms with Crippen molar-refractivity contribution in [3.63, 3.8) is 0 Å². The van der Waals surface area contributed by atoms with E-state index in [2.05, 4.69) is 11.4 Å². The smallest absolute Gasteiger partial charge is 0.246 e. The zero-order valence-electron chi connectivity index (χ0n) is 16.8. The molecule has 1 N–H and O–H groups in total. The molecule has 1 aromatic rings. The van der Waals surface area contributed by atoms with E-state index in [9.17, 15) is 13.2 Å². The van der Waals surface area contributed by atoms with Gasteiger partial charge in [0.1, 0.15) is 10.6 Å². The Morgan fingerprint density at radius 3 is 2.86 bits per heavy atom. The molecule has 1 aliphatic carbocycles. The summed E-state index contributed by atoms with van der Waals surface area (Å²) in [5.74, 6) is -0.162. The number of piperidine rings is 1. The first-order valence-corrected chi connectivity index (χ1v) is 12.0. The van der Waals surface area contributed by atoms with Crippen LogP contribution in [-0.2, 0) is 14.8 Å². The quantitative estimate of drug-likeness (QED) is 0.655. The Morgan fingerprint density at radius 2 is 2.14 bits per heavy atom. The first-order valence-electron chi connectivity index (χ1n) is 10.2. The van der Waals surface area contributed by atoms with Gasteiger partial charge in [-0.1, -0.05) is 23.3 Å². The predicted molar refractivity (Wildman–Crippen MR) is 114 cm³/mol. The van der Waals surface area contributed by atoms with Gasteiger partial charge in [-0.25, -0.2) is 8.42 Å². The normalized spacial score (nSPS) is 20.8. The maximum Gasteiger partial charge on any atom is 0.246 e. The van der Waals surface area contributed by atoms with E-state index in [0.29, 0.717) is 31.0 Å². The third-order valence-corrected chi connectivity index (χ3v) is 7.75. The fourth-order valence-corrected chi connectivity index (χ4v) is 5.93. The van der Waals surface area contributed by atoms with Gasteiger partial charge in [0.05, 0.1) is 13.0 Å². The first-order chi connectivity index (χ1) is 13.9. The van der Waals surface area contributed by atoms with Crippen molar-refractivity contribution >= 4 is 27.5 Å². The van der Waals surface area contributed by atoms with E-state index in [1.807, 2.05) is 0 Å². The third-order valence-electron chi connectivity index (χ3n) is 5.63. The molecule has 2 aliphatic rings. The van der Waals surface area contributed by atoms with E-state index in [4.69, 9.17) is 16.3 Å². The standard InChI is InChI=1S/C21H29ClN2O4S/c1-28-19-10-9-18(22)14-20(19)29(26,27)24-13-5-8-17(15-24)21(25)23-12-11-16-6-3-2-4-7-16/h6,9-10,14,17H,2-5,7-8,11-13,15H2,1H3,(H,23,25)/t17-/m0/s1. The summed E-state index contributed by atoms with van der Waals surface area (Å²) < 4.78 is 32.9. The lowest BCUT2D eigenvalue weighted by atomic mass is 9.96. The molecule has 8 heteroatoms. The Bertz CT molecular complexity index is 869. The van der Waals surface area contributed by atoms with Crippen molar-refractivity contribution in [3.8, 4) is 5.75 Å². The van der Waals surface area contributed by atoms with E-state index in [1.165, 1.54) is 35.9 Å². The van der Waals surface area contributed by atoms with Crippen LogP contribution in [0.25, 0.3) is 0 Å². The van der Waals surface area contributed by atoms with Crippen LogP contribution < -0.4 is 10.1 Å². The van der Waals surface area contributed by atoms with E-state index >= 15 is 0 Å². The fourth-order valence-electron chi connectivity index (χ4n) is 3.99. The van der Waals surface area contributed by atoms with Gasteiger partial charge >= 0.3 is 0 Å². The number of nitrogens with zero attached hydrogens (tertiary/aromatic N) is 1.